The maximum absolute atomic E-state index is 12.3. The van der Waals surface area contributed by atoms with Crippen LogP contribution in [0.25, 0.3) is 0 Å². The first-order valence-corrected chi connectivity index (χ1v) is 9.54. The molecule has 1 saturated carbocycles. The van der Waals surface area contributed by atoms with Crippen molar-refractivity contribution in [2.24, 2.45) is 5.92 Å². The predicted octanol–water partition coefficient (Wildman–Crippen LogP) is 3.12. The topological polar surface area (TPSA) is 58.2 Å². The van der Waals surface area contributed by atoms with E-state index in [-0.39, 0.29) is 5.75 Å². The molecule has 0 bridgehead atoms. The molecule has 0 amide bonds. The Bertz CT molecular complexity index is 537. The maximum Gasteiger partial charge on any atom is 0.232 e. The van der Waals surface area contributed by atoms with Crippen molar-refractivity contribution in [1.29, 1.82) is 0 Å². The molecule has 0 heterocycles. The van der Waals surface area contributed by atoms with Gasteiger partial charge in [-0.15, -0.1) is 0 Å². The minimum absolute atomic E-state index is 0.254. The molecule has 0 unspecified atom stereocenters. The molecule has 0 aliphatic heterocycles. The Kier molecular flexibility index (Phi) is 6.06. The molecule has 2 N–H and O–H groups in total. The predicted molar refractivity (Wildman–Crippen MR) is 87.8 cm³/mol. The zero-order valence-electron chi connectivity index (χ0n) is 12.8. The summed E-state index contributed by atoms with van der Waals surface area (Å²) in [5.41, 5.74) is 1.76. The molecule has 0 radical (unpaired) electrons. The van der Waals surface area contributed by atoms with Gasteiger partial charge in [-0.05, 0) is 43.0 Å². The summed E-state index contributed by atoms with van der Waals surface area (Å²) < 4.78 is 27.3. The lowest BCUT2D eigenvalue weighted by Crippen LogP contribution is -2.24. The van der Waals surface area contributed by atoms with Crippen molar-refractivity contribution in [3.05, 3.63) is 29.8 Å². The first kappa shape index (κ1) is 16.3. The van der Waals surface area contributed by atoms with Gasteiger partial charge in [0.05, 0.1) is 5.75 Å². The monoisotopic (exact) mass is 310 g/mol. The third kappa shape index (κ3) is 5.67. The zero-order chi connectivity index (χ0) is 15.1. The molecule has 118 valence electrons. The number of hydrogen-bond acceptors (Lipinski definition) is 3. The van der Waals surface area contributed by atoms with Crippen LogP contribution in [-0.2, 0) is 16.6 Å². The van der Waals surface area contributed by atoms with Gasteiger partial charge in [-0.25, -0.2) is 8.42 Å². The molecule has 1 aromatic carbocycles. The van der Waals surface area contributed by atoms with Crippen LogP contribution >= 0.6 is 0 Å². The first-order chi connectivity index (χ1) is 10.1. The van der Waals surface area contributed by atoms with Crippen molar-refractivity contribution in [3.8, 4) is 0 Å². The van der Waals surface area contributed by atoms with E-state index in [1.807, 2.05) is 24.3 Å². The maximum atomic E-state index is 12.3. The van der Waals surface area contributed by atoms with E-state index in [0.29, 0.717) is 11.6 Å². The molecule has 0 atom stereocenters. The third-order valence-corrected chi connectivity index (χ3v) is 5.42. The summed E-state index contributed by atoms with van der Waals surface area (Å²) in [6.45, 7) is 3.71. The normalized spacial score (nSPS) is 16.8. The molecular weight excluding hydrogens is 284 g/mol. The van der Waals surface area contributed by atoms with E-state index in [1.165, 1.54) is 19.3 Å². The Balaban J connectivity index is 1.95. The molecule has 1 aromatic rings. The number of sulfonamides is 1. The summed E-state index contributed by atoms with van der Waals surface area (Å²) in [6.07, 6.45) is 5.66. The Labute approximate surface area is 128 Å². The van der Waals surface area contributed by atoms with Crippen LogP contribution in [0.4, 0.5) is 5.69 Å². The van der Waals surface area contributed by atoms with Gasteiger partial charge in [-0.3, -0.25) is 4.72 Å². The van der Waals surface area contributed by atoms with Crippen molar-refractivity contribution >= 4 is 15.7 Å². The van der Waals surface area contributed by atoms with Crippen LogP contribution in [0.15, 0.2) is 24.3 Å². The smallest absolute Gasteiger partial charge is 0.232 e. The van der Waals surface area contributed by atoms with Crippen LogP contribution in [0, 0.1) is 5.92 Å². The van der Waals surface area contributed by atoms with Gasteiger partial charge in [0.2, 0.25) is 10.0 Å². The third-order valence-electron chi connectivity index (χ3n) is 3.96. The van der Waals surface area contributed by atoms with Crippen molar-refractivity contribution in [1.82, 2.24) is 5.32 Å². The van der Waals surface area contributed by atoms with Crippen LogP contribution in [-0.4, -0.2) is 20.7 Å². The Morgan fingerprint density at radius 1 is 1.19 bits per heavy atom. The van der Waals surface area contributed by atoms with E-state index in [9.17, 15) is 8.42 Å². The largest absolute Gasteiger partial charge is 0.313 e. The fraction of sp³-hybridized carbons (Fsp3) is 0.625. The fourth-order valence-corrected chi connectivity index (χ4v) is 4.42. The molecule has 1 aliphatic rings. The first-order valence-electron chi connectivity index (χ1n) is 7.89. The fourth-order valence-electron chi connectivity index (χ4n) is 2.90. The van der Waals surface area contributed by atoms with Crippen molar-refractivity contribution < 1.29 is 8.42 Å². The quantitative estimate of drug-likeness (QED) is 0.813. The molecular formula is C16H26N2O2S. The average Bonchev–Trinajstić information content (AvgIpc) is 2.45. The van der Waals surface area contributed by atoms with E-state index >= 15 is 0 Å². The van der Waals surface area contributed by atoms with Gasteiger partial charge in [0, 0.05) is 12.2 Å². The second-order valence-electron chi connectivity index (χ2n) is 5.87. The van der Waals surface area contributed by atoms with Crippen LogP contribution in [0.3, 0.4) is 0 Å². The molecule has 2 rings (SSSR count). The highest BCUT2D eigenvalue weighted by Gasteiger charge is 2.21. The Hall–Kier alpha value is -1.07. The molecule has 0 spiro atoms. The molecule has 1 fully saturated rings. The van der Waals surface area contributed by atoms with Gasteiger partial charge in [0.1, 0.15) is 0 Å². The molecule has 21 heavy (non-hydrogen) atoms. The van der Waals surface area contributed by atoms with E-state index < -0.39 is 10.0 Å². The van der Waals surface area contributed by atoms with Crippen molar-refractivity contribution in [2.45, 2.75) is 45.6 Å². The van der Waals surface area contributed by atoms with Crippen LogP contribution in [0.5, 0.6) is 0 Å². The second kappa shape index (κ2) is 7.80. The Morgan fingerprint density at radius 2 is 1.95 bits per heavy atom. The van der Waals surface area contributed by atoms with Gasteiger partial charge < -0.3 is 5.32 Å². The van der Waals surface area contributed by atoms with Gasteiger partial charge in [-0.1, -0.05) is 38.3 Å². The summed E-state index contributed by atoms with van der Waals surface area (Å²) in [6, 6.07) is 7.61. The number of nitrogens with one attached hydrogen (secondary N) is 2. The van der Waals surface area contributed by atoms with E-state index in [0.717, 1.165) is 31.5 Å². The minimum atomic E-state index is -3.24. The standard InChI is InChI=1S/C16H26N2O2S/c1-2-17-12-15-9-6-10-16(11-15)18-21(19,20)13-14-7-4-3-5-8-14/h6,9-11,14,17-18H,2-5,7-8,12-13H2,1H3. The SMILES string of the molecule is CCNCc1cccc(NS(=O)(=O)CC2CCCCC2)c1. The lowest BCUT2D eigenvalue weighted by Gasteiger charge is -2.21. The summed E-state index contributed by atoms with van der Waals surface area (Å²) in [7, 11) is -3.24. The molecule has 0 aromatic heterocycles. The molecule has 0 saturated heterocycles. The highest BCUT2D eigenvalue weighted by molar-refractivity contribution is 7.92. The van der Waals surface area contributed by atoms with Crippen LogP contribution < -0.4 is 10.0 Å². The number of benzene rings is 1. The summed E-state index contributed by atoms with van der Waals surface area (Å²) in [5, 5.41) is 3.24. The lowest BCUT2D eigenvalue weighted by atomic mass is 9.91. The van der Waals surface area contributed by atoms with Gasteiger partial charge in [-0.2, -0.15) is 0 Å². The summed E-state index contributed by atoms with van der Waals surface area (Å²) >= 11 is 0. The molecule has 1 aliphatic carbocycles. The minimum Gasteiger partial charge on any atom is -0.313 e. The lowest BCUT2D eigenvalue weighted by molar-refractivity contribution is 0.385. The second-order valence-corrected chi connectivity index (χ2v) is 7.64. The van der Waals surface area contributed by atoms with Crippen LogP contribution in [0.2, 0.25) is 0 Å². The van der Waals surface area contributed by atoms with E-state index in [2.05, 4.69) is 17.0 Å². The zero-order valence-corrected chi connectivity index (χ0v) is 13.6. The van der Waals surface area contributed by atoms with E-state index in [1.54, 1.807) is 0 Å². The van der Waals surface area contributed by atoms with Gasteiger partial charge in [0.25, 0.3) is 0 Å². The molecule has 5 heteroatoms. The van der Waals surface area contributed by atoms with E-state index in [4.69, 9.17) is 0 Å². The van der Waals surface area contributed by atoms with Gasteiger partial charge in [0.15, 0.2) is 0 Å². The van der Waals surface area contributed by atoms with Crippen molar-refractivity contribution in [2.75, 3.05) is 17.0 Å². The van der Waals surface area contributed by atoms with Crippen LogP contribution in [0.1, 0.15) is 44.6 Å². The number of anilines is 1. The number of hydrogen-bond donors (Lipinski definition) is 2. The highest BCUT2D eigenvalue weighted by Crippen LogP contribution is 2.25. The Morgan fingerprint density at radius 3 is 2.67 bits per heavy atom. The summed E-state index contributed by atoms with van der Waals surface area (Å²) in [5.74, 6) is 0.575. The molecule has 4 nitrogen and oxygen atoms in total. The average molecular weight is 310 g/mol. The number of rotatable bonds is 7. The highest BCUT2D eigenvalue weighted by atomic mass is 32.2. The van der Waals surface area contributed by atoms with Crippen molar-refractivity contribution in [3.63, 3.8) is 0 Å². The van der Waals surface area contributed by atoms with Gasteiger partial charge >= 0.3 is 0 Å². The summed E-state index contributed by atoms with van der Waals surface area (Å²) in [4.78, 5) is 0.